The second kappa shape index (κ2) is 12.4. The lowest BCUT2D eigenvalue weighted by atomic mass is 9.74. The van der Waals surface area contributed by atoms with E-state index in [0.29, 0.717) is 30.2 Å². The summed E-state index contributed by atoms with van der Waals surface area (Å²) in [7, 11) is 5.64. The number of nitrogens with one attached hydrogen (secondary N) is 3. The molecule has 194 valence electrons. The van der Waals surface area contributed by atoms with Crippen LogP contribution in [0, 0.1) is 0 Å². The highest BCUT2D eigenvalue weighted by Gasteiger charge is 2.37. The summed E-state index contributed by atoms with van der Waals surface area (Å²) < 4.78 is 7.99. The number of amides is 1. The number of ether oxygens (including phenoxy) is 1. The van der Waals surface area contributed by atoms with E-state index in [1.807, 2.05) is 32.3 Å². The van der Waals surface area contributed by atoms with Crippen LogP contribution in [0.2, 0.25) is 0 Å². The van der Waals surface area contributed by atoms with Crippen LogP contribution in [-0.2, 0) is 16.9 Å². The molecule has 36 heavy (non-hydrogen) atoms. The molecule has 3 rings (SSSR count). The number of carbonyl (C=O) groups is 1. The maximum Gasteiger partial charge on any atom is 0.247 e. The van der Waals surface area contributed by atoms with Crippen LogP contribution in [0.25, 0.3) is 6.08 Å². The number of rotatable bonds is 14. The summed E-state index contributed by atoms with van der Waals surface area (Å²) in [5.74, 6) is 0.356. The number of anilines is 3. The van der Waals surface area contributed by atoms with Crippen molar-refractivity contribution >= 4 is 35.4 Å². The highest BCUT2D eigenvalue weighted by Crippen LogP contribution is 2.43. The van der Waals surface area contributed by atoms with E-state index in [9.17, 15) is 4.79 Å². The minimum absolute atomic E-state index is 0.228. The van der Waals surface area contributed by atoms with Crippen LogP contribution in [0.3, 0.4) is 0 Å². The van der Waals surface area contributed by atoms with Gasteiger partial charge in [-0.2, -0.15) is 0 Å². The molecule has 0 atom stereocenters. The largest absolute Gasteiger partial charge is 0.494 e. The van der Waals surface area contributed by atoms with Crippen molar-refractivity contribution in [1.82, 2.24) is 9.47 Å². The van der Waals surface area contributed by atoms with Crippen LogP contribution in [0.4, 0.5) is 17.1 Å². The first kappa shape index (κ1) is 27.1. The van der Waals surface area contributed by atoms with Crippen molar-refractivity contribution in [3.63, 3.8) is 0 Å². The van der Waals surface area contributed by atoms with Crippen molar-refractivity contribution in [2.45, 2.75) is 44.7 Å². The Hall–Kier alpha value is -3.52. The Morgan fingerprint density at radius 2 is 2.00 bits per heavy atom. The number of benzene rings is 1. The zero-order valence-electron chi connectivity index (χ0n) is 22.1. The van der Waals surface area contributed by atoms with Gasteiger partial charge < -0.3 is 30.2 Å². The first-order valence-corrected chi connectivity index (χ1v) is 12.5. The molecule has 1 saturated carbocycles. The lowest BCUT2D eigenvalue weighted by Gasteiger charge is -2.43. The topological polar surface area (TPSA) is 82.9 Å². The van der Waals surface area contributed by atoms with Crippen LogP contribution in [0.1, 0.15) is 43.9 Å². The Balaban J connectivity index is 1.74. The fourth-order valence-corrected chi connectivity index (χ4v) is 4.52. The normalized spacial score (nSPS) is 14.4. The minimum atomic E-state index is -0.283. The summed E-state index contributed by atoms with van der Waals surface area (Å²) in [4.78, 5) is 18.7. The standard InChI is InChI=1S/C28H40N6O2/c1-7-22-15-21(19-34(22)28(9-3)11-10-12-28)18-29-20-31-25-16-24(32-27(35)8-2)23(17-26(25)36-6)30-13-14-33(4)5/h7-8,15-17,19-20,30H,1-2,9-14,18H2,3-6H3,(H,29,31)(H,32,35). The Bertz CT molecular complexity index is 1090. The molecule has 2 aromatic rings. The maximum absolute atomic E-state index is 12.0. The van der Waals surface area contributed by atoms with Crippen LogP contribution >= 0.6 is 0 Å². The van der Waals surface area contributed by atoms with E-state index in [-0.39, 0.29) is 11.4 Å². The summed E-state index contributed by atoms with van der Waals surface area (Å²) in [6.45, 7) is 11.9. The van der Waals surface area contributed by atoms with Crippen molar-refractivity contribution in [2.24, 2.45) is 4.99 Å². The van der Waals surface area contributed by atoms with Gasteiger partial charge in [0.15, 0.2) is 0 Å². The minimum Gasteiger partial charge on any atom is -0.494 e. The van der Waals surface area contributed by atoms with E-state index in [4.69, 9.17) is 4.74 Å². The van der Waals surface area contributed by atoms with Gasteiger partial charge in [-0.1, -0.05) is 20.1 Å². The third-order valence-electron chi connectivity index (χ3n) is 6.81. The number of hydrogen-bond donors (Lipinski definition) is 3. The fourth-order valence-electron chi connectivity index (χ4n) is 4.52. The first-order valence-electron chi connectivity index (χ1n) is 12.5. The van der Waals surface area contributed by atoms with E-state index >= 15 is 0 Å². The number of hydrogen-bond acceptors (Lipinski definition) is 5. The molecule has 8 nitrogen and oxygen atoms in total. The number of likely N-dealkylation sites (N-methyl/N-ethyl adjacent to an activating group) is 1. The van der Waals surface area contributed by atoms with Gasteiger partial charge in [-0.3, -0.25) is 9.79 Å². The van der Waals surface area contributed by atoms with Gasteiger partial charge in [0.2, 0.25) is 5.91 Å². The summed E-state index contributed by atoms with van der Waals surface area (Å²) >= 11 is 0. The number of carbonyl (C=O) groups excluding carboxylic acids is 1. The molecule has 0 saturated heterocycles. The second-order valence-electron chi connectivity index (χ2n) is 9.41. The summed E-state index contributed by atoms with van der Waals surface area (Å²) in [5.41, 5.74) is 4.62. The molecule has 1 amide bonds. The molecule has 1 aromatic heterocycles. The molecule has 0 bridgehead atoms. The van der Waals surface area contributed by atoms with Gasteiger partial charge in [0, 0.05) is 36.6 Å². The molecule has 8 heteroatoms. The molecule has 0 radical (unpaired) electrons. The highest BCUT2D eigenvalue weighted by molar-refractivity contribution is 6.02. The van der Waals surface area contributed by atoms with Gasteiger partial charge in [-0.25, -0.2) is 0 Å². The van der Waals surface area contributed by atoms with Gasteiger partial charge in [0.1, 0.15) is 5.75 Å². The molecule has 0 unspecified atom stereocenters. The van der Waals surface area contributed by atoms with Gasteiger partial charge in [0.05, 0.1) is 37.1 Å². The predicted octanol–water partition coefficient (Wildman–Crippen LogP) is 5.17. The molecule has 1 aliphatic rings. The van der Waals surface area contributed by atoms with Gasteiger partial charge >= 0.3 is 0 Å². The van der Waals surface area contributed by atoms with E-state index < -0.39 is 0 Å². The average Bonchev–Trinajstić information content (AvgIpc) is 3.25. The third-order valence-corrected chi connectivity index (χ3v) is 6.81. The number of methoxy groups -OCH3 is 1. The lowest BCUT2D eigenvalue weighted by Crippen LogP contribution is -2.40. The predicted molar refractivity (Wildman–Crippen MR) is 151 cm³/mol. The van der Waals surface area contributed by atoms with Gasteiger partial charge in [0.25, 0.3) is 0 Å². The first-order chi connectivity index (χ1) is 17.4. The van der Waals surface area contributed by atoms with Crippen molar-refractivity contribution < 1.29 is 9.53 Å². The van der Waals surface area contributed by atoms with Crippen molar-refractivity contribution in [3.8, 4) is 5.75 Å². The van der Waals surface area contributed by atoms with Crippen LogP contribution in [-0.4, -0.2) is 56.0 Å². The second-order valence-corrected chi connectivity index (χ2v) is 9.41. The van der Waals surface area contributed by atoms with Crippen molar-refractivity contribution in [3.05, 3.63) is 54.9 Å². The molecule has 1 aliphatic carbocycles. The molecule has 1 heterocycles. The monoisotopic (exact) mass is 492 g/mol. The Morgan fingerprint density at radius 1 is 1.22 bits per heavy atom. The lowest BCUT2D eigenvalue weighted by molar-refractivity contribution is -0.111. The fraction of sp³-hybridized carbons (Fsp3) is 0.429. The maximum atomic E-state index is 12.0. The zero-order chi connectivity index (χ0) is 26.1. The molecule has 0 aliphatic heterocycles. The molecular formula is C28H40N6O2. The smallest absolute Gasteiger partial charge is 0.247 e. The van der Waals surface area contributed by atoms with E-state index in [1.54, 1.807) is 13.4 Å². The van der Waals surface area contributed by atoms with E-state index in [2.05, 4.69) is 62.8 Å². The molecule has 0 spiro atoms. The summed E-state index contributed by atoms with van der Waals surface area (Å²) in [6, 6.07) is 5.86. The Kier molecular flexibility index (Phi) is 9.36. The number of aromatic nitrogens is 1. The summed E-state index contributed by atoms with van der Waals surface area (Å²) in [6.07, 6.45) is 11.9. The third kappa shape index (κ3) is 6.37. The quantitative estimate of drug-likeness (QED) is 0.193. The number of aliphatic imine (C=N–C) groups is 1. The number of nitrogens with zero attached hydrogens (tertiary/aromatic N) is 3. The highest BCUT2D eigenvalue weighted by atomic mass is 16.5. The van der Waals surface area contributed by atoms with Crippen LogP contribution < -0.4 is 20.7 Å². The molecular weight excluding hydrogens is 452 g/mol. The van der Waals surface area contributed by atoms with Crippen LogP contribution in [0.15, 0.2) is 48.6 Å². The van der Waals surface area contributed by atoms with E-state index in [0.717, 1.165) is 29.9 Å². The molecule has 1 aromatic carbocycles. The zero-order valence-corrected chi connectivity index (χ0v) is 22.1. The van der Waals surface area contributed by atoms with Crippen LogP contribution in [0.5, 0.6) is 5.75 Å². The SMILES string of the molecule is C=CC(=O)Nc1cc(NC=NCc2cc(C=C)n(C3(CC)CCC3)c2)c(OC)cc1NCCN(C)C. The van der Waals surface area contributed by atoms with Gasteiger partial charge in [-0.05, 0) is 69.6 Å². The molecule has 1 fully saturated rings. The van der Waals surface area contributed by atoms with Gasteiger partial charge in [-0.15, -0.1) is 0 Å². The Labute approximate surface area is 215 Å². The van der Waals surface area contributed by atoms with Crippen molar-refractivity contribution in [2.75, 3.05) is 50.2 Å². The molecule has 3 N–H and O–H groups in total. The summed E-state index contributed by atoms with van der Waals surface area (Å²) in [5, 5.41) is 9.44. The Morgan fingerprint density at radius 3 is 2.58 bits per heavy atom. The van der Waals surface area contributed by atoms with Crippen molar-refractivity contribution in [1.29, 1.82) is 0 Å². The average molecular weight is 493 g/mol. The van der Waals surface area contributed by atoms with E-state index in [1.165, 1.54) is 25.3 Å².